The van der Waals surface area contributed by atoms with Gasteiger partial charge in [0.25, 0.3) is 0 Å². The van der Waals surface area contributed by atoms with E-state index >= 15 is 0 Å². The molecule has 18 atom stereocenters. The second kappa shape index (κ2) is 16.9. The number of hydrogen-bond acceptors (Lipinski definition) is 15. The predicted octanol–water partition coefficient (Wildman–Crippen LogP) is 2.62. The number of carbonyl (C=O) groups is 3. The molecule has 0 aromatic heterocycles. The molecule has 0 radical (unpaired) electrons. The first-order chi connectivity index (χ1) is 24.6. The zero-order chi connectivity index (χ0) is 38.1. The first-order valence-corrected chi connectivity index (χ1v) is 18.3. The molecule has 0 unspecified atom stereocenters. The van der Waals surface area contributed by atoms with E-state index in [9.17, 15) is 24.6 Å². The maximum absolute atomic E-state index is 13.4. The van der Waals surface area contributed by atoms with Crippen molar-refractivity contribution in [2.75, 3.05) is 20.8 Å². The van der Waals surface area contributed by atoms with E-state index in [1.54, 1.807) is 39.8 Å². The molecule has 4 fully saturated rings. The number of hydrogen-bond donors (Lipinski definition) is 2. The molecule has 5 rings (SSSR count). The Balaban J connectivity index is 1.34. The van der Waals surface area contributed by atoms with Crippen molar-refractivity contribution in [2.45, 2.75) is 147 Å². The normalized spacial score (nSPS) is 48.1. The Bertz CT molecular complexity index is 1320. The number of esters is 1. The molecule has 0 aromatic carbocycles. The van der Waals surface area contributed by atoms with Crippen LogP contribution in [0.2, 0.25) is 0 Å². The van der Waals surface area contributed by atoms with Crippen LogP contribution in [0.3, 0.4) is 0 Å². The topological polar surface area (TPSA) is 187 Å². The molecule has 5 aliphatic rings. The SMILES string of the molecule is CO[C@@H]1[C@H](O)[C@@H](C)O[C@@H](OC[C@H]2[C@@H]3O[C@H]3C=CC(=O)[C@H](C)C[C@H](C)[C@H](O[C@@H]3O[C@H](C)C[C@@]4(OC(=O)O[C@H]4C)[C@H]3O)[C@@H](C)/C=C/C(=O)O[C@@H]2C)[C@@H]1OC. The summed E-state index contributed by atoms with van der Waals surface area (Å²) in [6.45, 7) is 12.6. The molecule has 1 spiro atoms. The van der Waals surface area contributed by atoms with Gasteiger partial charge >= 0.3 is 12.1 Å². The van der Waals surface area contributed by atoms with E-state index in [0.717, 1.165) is 0 Å². The predicted molar refractivity (Wildman–Crippen MR) is 181 cm³/mol. The number of aliphatic hydroxyl groups excluding tert-OH is 2. The maximum Gasteiger partial charge on any atom is 0.509 e. The third kappa shape index (κ3) is 8.74. The Kier molecular flexibility index (Phi) is 13.2. The van der Waals surface area contributed by atoms with Crippen LogP contribution in [0, 0.1) is 23.7 Å². The van der Waals surface area contributed by atoms with Gasteiger partial charge in [-0.1, -0.05) is 26.8 Å². The van der Waals surface area contributed by atoms with E-state index in [1.807, 2.05) is 20.8 Å². The van der Waals surface area contributed by atoms with E-state index in [-0.39, 0.29) is 24.7 Å². The number of epoxide rings is 1. The van der Waals surface area contributed by atoms with Crippen molar-refractivity contribution in [3.05, 3.63) is 24.3 Å². The molecule has 0 aliphatic carbocycles. The second-order valence-corrected chi connectivity index (χ2v) is 15.0. The monoisotopic (exact) mass is 740 g/mol. The van der Waals surface area contributed by atoms with Crippen LogP contribution in [0.25, 0.3) is 0 Å². The van der Waals surface area contributed by atoms with Crippen LogP contribution in [-0.2, 0) is 57.0 Å². The van der Waals surface area contributed by atoms with Gasteiger partial charge in [-0.25, -0.2) is 9.59 Å². The molecule has 294 valence electrons. The highest BCUT2D eigenvalue weighted by Gasteiger charge is 2.61. The fourth-order valence-electron chi connectivity index (χ4n) is 7.99. The molecule has 5 aliphatic heterocycles. The van der Waals surface area contributed by atoms with Gasteiger partial charge in [0.05, 0.1) is 31.0 Å². The number of methoxy groups -OCH3 is 2. The van der Waals surface area contributed by atoms with Crippen LogP contribution >= 0.6 is 0 Å². The van der Waals surface area contributed by atoms with Crippen molar-refractivity contribution in [2.24, 2.45) is 23.7 Å². The van der Waals surface area contributed by atoms with E-state index in [0.29, 0.717) is 6.42 Å². The number of fused-ring (bicyclic) bond motifs is 1. The summed E-state index contributed by atoms with van der Waals surface area (Å²) in [5.41, 5.74) is -1.35. The Morgan fingerprint density at radius 3 is 2.19 bits per heavy atom. The van der Waals surface area contributed by atoms with Crippen LogP contribution in [0.5, 0.6) is 0 Å². The lowest BCUT2D eigenvalue weighted by Crippen LogP contribution is -2.62. The number of cyclic esters (lactones) is 2. The van der Waals surface area contributed by atoms with Gasteiger partial charge in [0, 0.05) is 44.5 Å². The molecule has 0 saturated carbocycles. The van der Waals surface area contributed by atoms with Gasteiger partial charge in [0.2, 0.25) is 0 Å². The summed E-state index contributed by atoms with van der Waals surface area (Å²) < 4.78 is 58.3. The quantitative estimate of drug-likeness (QED) is 0.286. The molecule has 4 saturated heterocycles. The molecular weight excluding hydrogens is 684 g/mol. The van der Waals surface area contributed by atoms with Crippen LogP contribution < -0.4 is 0 Å². The van der Waals surface area contributed by atoms with Crippen LogP contribution in [0.1, 0.15) is 61.3 Å². The van der Waals surface area contributed by atoms with E-state index in [4.69, 9.17) is 47.4 Å². The number of rotatable bonds is 7. The summed E-state index contributed by atoms with van der Waals surface area (Å²) in [6, 6.07) is 0. The molecule has 2 N–H and O–H groups in total. The van der Waals surface area contributed by atoms with Gasteiger partial charge in [-0.05, 0) is 52.2 Å². The molecule has 0 amide bonds. The van der Waals surface area contributed by atoms with Gasteiger partial charge in [0.1, 0.15) is 42.7 Å². The van der Waals surface area contributed by atoms with Crippen LogP contribution in [0.4, 0.5) is 4.79 Å². The van der Waals surface area contributed by atoms with Gasteiger partial charge in [-0.15, -0.1) is 0 Å². The van der Waals surface area contributed by atoms with Crippen molar-refractivity contribution in [3.8, 4) is 0 Å². The molecule has 0 bridgehead atoms. The second-order valence-electron chi connectivity index (χ2n) is 15.0. The van der Waals surface area contributed by atoms with Crippen LogP contribution in [0.15, 0.2) is 24.3 Å². The van der Waals surface area contributed by atoms with Gasteiger partial charge in [0.15, 0.2) is 24.0 Å². The Hall–Kier alpha value is -2.47. The minimum absolute atomic E-state index is 0.0493. The molecule has 5 heterocycles. The number of ether oxygens (including phenoxy) is 10. The zero-order valence-electron chi connectivity index (χ0n) is 31.4. The van der Waals surface area contributed by atoms with E-state index in [1.165, 1.54) is 26.4 Å². The van der Waals surface area contributed by atoms with Crippen molar-refractivity contribution < 1.29 is 72.0 Å². The third-order valence-electron chi connectivity index (χ3n) is 11.2. The molecular formula is C37H56O15. The van der Waals surface area contributed by atoms with E-state index < -0.39 is 115 Å². The minimum Gasteiger partial charge on any atom is -0.459 e. The minimum atomic E-state index is -1.36. The average molecular weight is 741 g/mol. The lowest BCUT2D eigenvalue weighted by atomic mass is 9.82. The molecule has 15 heteroatoms. The summed E-state index contributed by atoms with van der Waals surface area (Å²) in [4.78, 5) is 38.7. The van der Waals surface area contributed by atoms with Crippen LogP contribution in [-0.4, -0.2) is 134 Å². The average Bonchev–Trinajstić information content (AvgIpc) is 3.79. The summed E-state index contributed by atoms with van der Waals surface area (Å²) in [5.74, 6) is -2.20. The highest BCUT2D eigenvalue weighted by atomic mass is 16.8. The van der Waals surface area contributed by atoms with Crippen molar-refractivity contribution in [1.82, 2.24) is 0 Å². The number of aliphatic hydroxyl groups is 2. The summed E-state index contributed by atoms with van der Waals surface area (Å²) >= 11 is 0. The summed E-state index contributed by atoms with van der Waals surface area (Å²) in [6.07, 6.45) is -3.65. The number of carbonyl (C=O) groups excluding carboxylic acids is 3. The molecule has 15 nitrogen and oxygen atoms in total. The Morgan fingerprint density at radius 2 is 1.54 bits per heavy atom. The lowest BCUT2D eigenvalue weighted by Gasteiger charge is -2.46. The number of ketones is 1. The Morgan fingerprint density at radius 1 is 0.827 bits per heavy atom. The van der Waals surface area contributed by atoms with Crippen molar-refractivity contribution in [1.29, 1.82) is 0 Å². The molecule has 0 aromatic rings. The fourth-order valence-corrected chi connectivity index (χ4v) is 7.99. The Labute approximate surface area is 305 Å². The highest BCUT2D eigenvalue weighted by molar-refractivity contribution is 5.91. The fraction of sp³-hybridized carbons (Fsp3) is 0.811. The van der Waals surface area contributed by atoms with Crippen molar-refractivity contribution in [3.63, 3.8) is 0 Å². The van der Waals surface area contributed by atoms with Gasteiger partial charge in [-0.2, -0.15) is 0 Å². The largest absolute Gasteiger partial charge is 0.509 e. The highest BCUT2D eigenvalue weighted by Crippen LogP contribution is 2.42. The lowest BCUT2D eigenvalue weighted by molar-refractivity contribution is -0.308. The standard InChI is InChI=1S/C37H56O15/c1-17-10-13-27(39)47-21(5)24(16-45-34-32(44-9)31(43-8)28(40)22(6)48-34)30-26(50-30)12-11-25(38)18(2)14-19(3)29(17)51-35-33(41)37(15-20(4)46-35)23(7)49-36(42)52-37/h10-13,17-24,26,28-35,40-41H,14-16H2,1-9H3/b12-11?,13-10+/t17-,18+,19-,20+,21+,22+,23-,24+,26-,28+,29+,30-,31+,32+,33-,34+,35-,37-/m0/s1. The van der Waals surface area contributed by atoms with E-state index in [2.05, 4.69) is 0 Å². The summed E-state index contributed by atoms with van der Waals surface area (Å²) in [7, 11) is 2.96. The summed E-state index contributed by atoms with van der Waals surface area (Å²) in [5, 5.41) is 22.0. The van der Waals surface area contributed by atoms with Gasteiger partial charge < -0.3 is 57.6 Å². The maximum atomic E-state index is 13.4. The van der Waals surface area contributed by atoms with Crippen molar-refractivity contribution >= 4 is 17.9 Å². The first kappa shape index (κ1) is 40.7. The smallest absolute Gasteiger partial charge is 0.459 e. The van der Waals surface area contributed by atoms with Gasteiger partial charge in [-0.3, -0.25) is 4.79 Å². The zero-order valence-corrected chi connectivity index (χ0v) is 31.4. The first-order valence-electron chi connectivity index (χ1n) is 18.3. The third-order valence-corrected chi connectivity index (χ3v) is 11.2. The molecule has 52 heavy (non-hydrogen) atoms. The number of allylic oxidation sites excluding steroid dienone is 1.